The Labute approximate surface area is 245 Å². The maximum absolute atomic E-state index is 13.4. The highest BCUT2D eigenvalue weighted by Gasteiger charge is 2.23. The average Bonchev–Trinajstić information content (AvgIpc) is 3.41. The first-order chi connectivity index (χ1) is 19.8. The van der Waals surface area contributed by atoms with Gasteiger partial charge in [-0.3, -0.25) is 9.59 Å². The number of hydrogen-bond donors (Lipinski definition) is 3. The normalized spacial score (nSPS) is 12.4. The van der Waals surface area contributed by atoms with E-state index < -0.39 is 12.1 Å². The number of aliphatic hydroxyl groups excluding tert-OH is 1. The summed E-state index contributed by atoms with van der Waals surface area (Å²) in [5.74, 6) is 0.213. The summed E-state index contributed by atoms with van der Waals surface area (Å²) in [7, 11) is 3.34. The Morgan fingerprint density at radius 3 is 2.46 bits per heavy atom. The maximum Gasteiger partial charge on any atom is 0.253 e. The molecule has 4 aromatic rings. The number of aromatic nitrogens is 1. The van der Waals surface area contributed by atoms with Gasteiger partial charge in [0.1, 0.15) is 10.8 Å². The number of ether oxygens (including phenoxy) is 1. The van der Waals surface area contributed by atoms with Gasteiger partial charge in [-0.25, -0.2) is 4.98 Å². The molecule has 0 fully saturated rings. The van der Waals surface area contributed by atoms with Crippen molar-refractivity contribution in [1.82, 2.24) is 20.5 Å². The van der Waals surface area contributed by atoms with Crippen molar-refractivity contribution in [3.8, 4) is 5.75 Å². The van der Waals surface area contributed by atoms with Crippen molar-refractivity contribution in [3.05, 3.63) is 117 Å². The molecule has 0 aliphatic rings. The molecule has 214 valence electrons. The molecule has 9 heteroatoms. The highest BCUT2D eigenvalue weighted by atomic mass is 32.1. The van der Waals surface area contributed by atoms with Crippen molar-refractivity contribution >= 4 is 23.2 Å². The minimum absolute atomic E-state index is 0.199. The van der Waals surface area contributed by atoms with Gasteiger partial charge in [0.25, 0.3) is 11.8 Å². The molecule has 0 bridgehead atoms. The van der Waals surface area contributed by atoms with Crippen LogP contribution in [-0.4, -0.2) is 59.7 Å². The maximum atomic E-state index is 13.4. The van der Waals surface area contributed by atoms with Crippen LogP contribution in [0.3, 0.4) is 0 Å². The van der Waals surface area contributed by atoms with E-state index in [9.17, 15) is 14.7 Å². The van der Waals surface area contributed by atoms with E-state index in [-0.39, 0.29) is 18.4 Å². The Morgan fingerprint density at radius 2 is 1.73 bits per heavy atom. The van der Waals surface area contributed by atoms with Gasteiger partial charge in [-0.2, -0.15) is 0 Å². The van der Waals surface area contributed by atoms with Gasteiger partial charge >= 0.3 is 0 Å². The summed E-state index contributed by atoms with van der Waals surface area (Å²) < 4.78 is 5.29. The van der Waals surface area contributed by atoms with E-state index in [1.165, 1.54) is 11.3 Å². The van der Waals surface area contributed by atoms with Gasteiger partial charge in [-0.15, -0.1) is 11.3 Å². The van der Waals surface area contributed by atoms with E-state index in [1.807, 2.05) is 66.9 Å². The van der Waals surface area contributed by atoms with Gasteiger partial charge in [-0.1, -0.05) is 48.5 Å². The summed E-state index contributed by atoms with van der Waals surface area (Å²) in [5.41, 5.74) is 3.70. The van der Waals surface area contributed by atoms with Crippen molar-refractivity contribution in [2.75, 3.05) is 20.7 Å². The zero-order valence-electron chi connectivity index (χ0n) is 23.5. The number of aryl methyl sites for hydroxylation is 1. The quantitative estimate of drug-likeness (QED) is 0.222. The van der Waals surface area contributed by atoms with E-state index in [0.29, 0.717) is 30.6 Å². The Morgan fingerprint density at radius 1 is 1.00 bits per heavy atom. The third kappa shape index (κ3) is 8.72. The molecule has 3 aromatic carbocycles. The van der Waals surface area contributed by atoms with Gasteiger partial charge < -0.3 is 25.4 Å². The number of rotatable bonds is 13. The van der Waals surface area contributed by atoms with Crippen LogP contribution >= 0.6 is 11.3 Å². The Hall–Kier alpha value is -4.05. The topological polar surface area (TPSA) is 104 Å². The standard InChI is InChI=1S/C32H36N4O4S/c1-22-21-41-30(34-22)20-36(2)32(39)26-13-8-12-25(17-26)31(38)35-28(16-23-9-5-4-6-10-23)29(37)19-33-18-24-11-7-14-27(15-24)40-3/h4-15,17,21,28-29,33,37H,16,18-20H2,1-3H3,(H,35,38). The Kier molecular flexibility index (Phi) is 10.6. The SMILES string of the molecule is COc1cccc(CNCC(O)C(Cc2ccccc2)NC(=O)c2cccc(C(=O)N(C)Cc3nc(C)cs3)c2)c1. The number of benzene rings is 3. The van der Waals surface area contributed by atoms with Crippen LogP contribution in [0.2, 0.25) is 0 Å². The number of aliphatic hydroxyl groups is 1. The van der Waals surface area contributed by atoms with Gasteiger partial charge in [0.05, 0.1) is 25.8 Å². The third-order valence-electron chi connectivity index (χ3n) is 6.65. The molecule has 0 saturated carbocycles. The Bertz CT molecular complexity index is 1440. The monoisotopic (exact) mass is 572 g/mol. The lowest BCUT2D eigenvalue weighted by atomic mass is 10.00. The number of methoxy groups -OCH3 is 1. The average molecular weight is 573 g/mol. The lowest BCUT2D eigenvalue weighted by Crippen LogP contribution is -2.48. The molecule has 2 unspecified atom stereocenters. The minimum atomic E-state index is -0.859. The fourth-order valence-electron chi connectivity index (χ4n) is 4.46. The number of nitrogens with zero attached hydrogens (tertiary/aromatic N) is 2. The zero-order valence-corrected chi connectivity index (χ0v) is 24.4. The first-order valence-corrected chi connectivity index (χ1v) is 14.3. The van der Waals surface area contributed by atoms with Crippen LogP contribution < -0.4 is 15.4 Å². The van der Waals surface area contributed by atoms with Crippen LogP contribution in [0, 0.1) is 6.92 Å². The second kappa shape index (κ2) is 14.5. The highest BCUT2D eigenvalue weighted by Crippen LogP contribution is 2.15. The number of hydrogen-bond acceptors (Lipinski definition) is 7. The summed E-state index contributed by atoms with van der Waals surface area (Å²) in [5, 5.41) is 20.2. The van der Waals surface area contributed by atoms with Crippen LogP contribution in [0.15, 0.2) is 84.2 Å². The fraction of sp³-hybridized carbons (Fsp3) is 0.281. The molecule has 0 saturated heterocycles. The largest absolute Gasteiger partial charge is 0.497 e. The van der Waals surface area contributed by atoms with E-state index in [1.54, 1.807) is 43.3 Å². The molecule has 1 aromatic heterocycles. The van der Waals surface area contributed by atoms with Crippen LogP contribution in [0.4, 0.5) is 0 Å². The molecule has 1 heterocycles. The van der Waals surface area contributed by atoms with E-state index in [4.69, 9.17) is 4.74 Å². The van der Waals surface area contributed by atoms with Crippen LogP contribution in [0.5, 0.6) is 5.75 Å². The van der Waals surface area contributed by atoms with Crippen molar-refractivity contribution in [3.63, 3.8) is 0 Å². The van der Waals surface area contributed by atoms with Crippen LogP contribution in [-0.2, 0) is 19.5 Å². The summed E-state index contributed by atoms with van der Waals surface area (Å²) in [6.45, 7) is 3.12. The third-order valence-corrected chi connectivity index (χ3v) is 7.60. The van der Waals surface area contributed by atoms with Crippen molar-refractivity contribution in [2.45, 2.75) is 38.6 Å². The van der Waals surface area contributed by atoms with Crippen LogP contribution in [0.1, 0.15) is 42.5 Å². The lowest BCUT2D eigenvalue weighted by molar-refractivity contribution is 0.0784. The van der Waals surface area contributed by atoms with E-state index in [0.717, 1.165) is 27.6 Å². The molecule has 0 radical (unpaired) electrons. The van der Waals surface area contributed by atoms with Crippen LogP contribution in [0.25, 0.3) is 0 Å². The molecule has 41 heavy (non-hydrogen) atoms. The summed E-state index contributed by atoms with van der Waals surface area (Å²) in [6.07, 6.45) is -0.411. The molecule has 0 spiro atoms. The molecule has 0 aliphatic heterocycles. The van der Waals surface area contributed by atoms with Crippen molar-refractivity contribution in [2.24, 2.45) is 0 Å². The second-order valence-corrected chi connectivity index (χ2v) is 10.9. The number of amides is 2. The molecule has 8 nitrogen and oxygen atoms in total. The molecule has 0 aliphatic carbocycles. The predicted octanol–water partition coefficient (Wildman–Crippen LogP) is 4.22. The van der Waals surface area contributed by atoms with E-state index in [2.05, 4.69) is 15.6 Å². The summed E-state index contributed by atoms with van der Waals surface area (Å²) >= 11 is 1.51. The minimum Gasteiger partial charge on any atom is -0.497 e. The van der Waals surface area contributed by atoms with Gasteiger partial charge in [0, 0.05) is 42.3 Å². The number of carbonyl (C=O) groups is 2. The molecule has 4 rings (SSSR count). The summed E-state index contributed by atoms with van der Waals surface area (Å²) in [6, 6.07) is 23.5. The Balaban J connectivity index is 1.42. The predicted molar refractivity (Wildman–Crippen MR) is 161 cm³/mol. The molecule has 2 atom stereocenters. The lowest BCUT2D eigenvalue weighted by Gasteiger charge is -2.25. The fourth-order valence-corrected chi connectivity index (χ4v) is 5.28. The number of carbonyl (C=O) groups excluding carboxylic acids is 2. The van der Waals surface area contributed by atoms with Crippen molar-refractivity contribution in [1.29, 1.82) is 0 Å². The first kappa shape index (κ1) is 29.9. The number of thiazole rings is 1. The molecule has 3 N–H and O–H groups in total. The van der Waals surface area contributed by atoms with Gasteiger partial charge in [-0.05, 0) is 54.8 Å². The first-order valence-electron chi connectivity index (χ1n) is 13.5. The molecular formula is C32H36N4O4S. The summed E-state index contributed by atoms with van der Waals surface area (Å²) in [4.78, 5) is 32.5. The van der Waals surface area contributed by atoms with Gasteiger partial charge in [0.15, 0.2) is 0 Å². The zero-order chi connectivity index (χ0) is 29.2. The smallest absolute Gasteiger partial charge is 0.253 e. The van der Waals surface area contributed by atoms with Gasteiger partial charge in [0.2, 0.25) is 0 Å². The van der Waals surface area contributed by atoms with E-state index >= 15 is 0 Å². The highest BCUT2D eigenvalue weighted by molar-refractivity contribution is 7.09. The molecule has 2 amide bonds. The number of nitrogens with one attached hydrogen (secondary N) is 2. The van der Waals surface area contributed by atoms with Crippen molar-refractivity contribution < 1.29 is 19.4 Å². The second-order valence-electron chi connectivity index (χ2n) is 9.94. The molecular weight excluding hydrogens is 536 g/mol.